The van der Waals surface area contributed by atoms with Gasteiger partial charge in [-0.25, -0.2) is 0 Å². The van der Waals surface area contributed by atoms with Gasteiger partial charge in [0.05, 0.1) is 0 Å². The Labute approximate surface area is 215 Å². The third kappa shape index (κ3) is 4.59. The molecule has 0 atom stereocenters. The van der Waals surface area contributed by atoms with E-state index in [1.807, 2.05) is 45.3 Å². The molecule has 0 radical (unpaired) electrons. The van der Waals surface area contributed by atoms with Crippen LogP contribution in [-0.2, 0) is 0 Å². The molecule has 0 unspecified atom stereocenters. The predicted octanol–water partition coefficient (Wildman–Crippen LogP) is 10.9. The predicted molar refractivity (Wildman–Crippen MR) is 159 cm³/mol. The van der Waals surface area contributed by atoms with Crippen LogP contribution in [0, 0.1) is 13.8 Å². The van der Waals surface area contributed by atoms with Crippen molar-refractivity contribution in [1.29, 1.82) is 0 Å². The van der Waals surface area contributed by atoms with Crippen molar-refractivity contribution in [3.63, 3.8) is 0 Å². The molecule has 0 bridgehead atoms. The van der Waals surface area contributed by atoms with Gasteiger partial charge in [-0.05, 0) is 61.4 Å². The van der Waals surface area contributed by atoms with Crippen LogP contribution >= 0.6 is 45.3 Å². The summed E-state index contributed by atoms with van der Waals surface area (Å²) in [6, 6.07) is 26.7. The Bertz CT molecular complexity index is 1460. The molecule has 0 aliphatic heterocycles. The molecule has 4 heterocycles. The van der Waals surface area contributed by atoms with Crippen LogP contribution < -0.4 is 0 Å². The first kappa shape index (κ1) is 21.8. The number of rotatable bonds is 5. The van der Waals surface area contributed by atoms with Gasteiger partial charge in [-0.3, -0.25) is 0 Å². The van der Waals surface area contributed by atoms with Gasteiger partial charge in [-0.2, -0.15) is 0 Å². The van der Waals surface area contributed by atoms with Crippen molar-refractivity contribution in [3.8, 4) is 9.75 Å². The topological polar surface area (TPSA) is 0 Å². The Morgan fingerprint density at radius 3 is 1.21 bits per heavy atom. The highest BCUT2D eigenvalue weighted by molar-refractivity contribution is 7.34. The maximum absolute atomic E-state index is 2.36. The highest BCUT2D eigenvalue weighted by Gasteiger charge is 2.12. The van der Waals surface area contributed by atoms with E-state index >= 15 is 0 Å². The summed E-state index contributed by atoms with van der Waals surface area (Å²) in [4.78, 5) is 5.37. The van der Waals surface area contributed by atoms with Crippen LogP contribution in [0.5, 0.6) is 0 Å². The van der Waals surface area contributed by atoms with Crippen LogP contribution in [0.1, 0.15) is 32.0 Å². The summed E-state index contributed by atoms with van der Waals surface area (Å²) in [6.07, 6.45) is 8.87. The molecule has 0 saturated heterocycles. The SMILES string of the molecule is Cc1ccc(C=Cc2cc3sc(-c4cc5sc(C=Cc6ccc(C)cc6)cc5s4)cc3s2)cc1. The monoisotopic (exact) mass is 510 g/mol. The van der Waals surface area contributed by atoms with Crippen LogP contribution in [0.25, 0.3) is 52.9 Å². The molecule has 0 N–H and O–H groups in total. The van der Waals surface area contributed by atoms with Crippen molar-refractivity contribution < 1.29 is 0 Å². The molecule has 166 valence electrons. The van der Waals surface area contributed by atoms with Gasteiger partial charge in [0.15, 0.2) is 0 Å². The smallest absolute Gasteiger partial charge is 0.0464 e. The van der Waals surface area contributed by atoms with Crippen LogP contribution in [0.2, 0.25) is 0 Å². The number of hydrogen-bond donors (Lipinski definition) is 0. The molecule has 6 aromatic rings. The fourth-order valence-corrected chi connectivity index (χ4v) is 8.52. The van der Waals surface area contributed by atoms with Gasteiger partial charge in [-0.15, -0.1) is 45.3 Å². The lowest BCUT2D eigenvalue weighted by Crippen LogP contribution is -1.72. The van der Waals surface area contributed by atoms with Crippen molar-refractivity contribution in [2.45, 2.75) is 13.8 Å². The molecule has 0 spiro atoms. The molecule has 4 aromatic heterocycles. The lowest BCUT2D eigenvalue weighted by atomic mass is 10.1. The Balaban J connectivity index is 1.20. The van der Waals surface area contributed by atoms with Crippen molar-refractivity contribution in [2.24, 2.45) is 0 Å². The van der Waals surface area contributed by atoms with Gasteiger partial charge in [-0.1, -0.05) is 71.8 Å². The van der Waals surface area contributed by atoms with E-state index in [1.54, 1.807) is 0 Å². The van der Waals surface area contributed by atoms with Crippen LogP contribution in [0.3, 0.4) is 0 Å². The number of benzene rings is 2. The zero-order valence-corrected chi connectivity index (χ0v) is 22.1. The van der Waals surface area contributed by atoms with Gasteiger partial charge in [0, 0.05) is 38.3 Å². The maximum Gasteiger partial charge on any atom is 0.0464 e. The molecule has 6 rings (SSSR count). The number of aryl methyl sites for hydroxylation is 2. The third-order valence-corrected chi connectivity index (χ3v) is 10.4. The summed E-state index contributed by atoms with van der Waals surface area (Å²) < 4.78 is 5.51. The van der Waals surface area contributed by atoms with E-state index in [1.165, 1.54) is 60.6 Å². The van der Waals surface area contributed by atoms with Gasteiger partial charge in [0.25, 0.3) is 0 Å². The zero-order valence-electron chi connectivity index (χ0n) is 18.9. The van der Waals surface area contributed by atoms with E-state index in [2.05, 4.69) is 111 Å². The van der Waals surface area contributed by atoms with Crippen molar-refractivity contribution >= 4 is 88.5 Å². The van der Waals surface area contributed by atoms with Crippen molar-refractivity contribution in [3.05, 3.63) is 105 Å². The lowest BCUT2D eigenvalue weighted by Gasteiger charge is -1.94. The molecule has 0 aliphatic carbocycles. The van der Waals surface area contributed by atoms with E-state index < -0.39 is 0 Å². The second kappa shape index (κ2) is 9.12. The minimum absolute atomic E-state index is 1.25. The lowest BCUT2D eigenvalue weighted by molar-refractivity contribution is 1.46. The molecule has 0 nitrogen and oxygen atoms in total. The molecule has 0 saturated carbocycles. The van der Waals surface area contributed by atoms with E-state index in [0.29, 0.717) is 0 Å². The Hall–Kier alpha value is -2.76. The van der Waals surface area contributed by atoms with E-state index in [9.17, 15) is 0 Å². The van der Waals surface area contributed by atoms with Crippen molar-refractivity contribution in [1.82, 2.24) is 0 Å². The molecule has 0 fully saturated rings. The third-order valence-electron chi connectivity index (χ3n) is 5.73. The normalized spacial score (nSPS) is 12.2. The maximum atomic E-state index is 2.36. The first-order chi connectivity index (χ1) is 16.6. The fraction of sp³-hybridized carbons (Fsp3) is 0.0667. The molecule has 0 amide bonds. The van der Waals surface area contributed by atoms with Gasteiger partial charge >= 0.3 is 0 Å². The quantitative estimate of drug-likeness (QED) is 0.216. The summed E-state index contributed by atoms with van der Waals surface area (Å²) in [5, 5.41) is 0. The summed E-state index contributed by atoms with van der Waals surface area (Å²) in [5.41, 5.74) is 5.08. The summed E-state index contributed by atoms with van der Waals surface area (Å²) in [6.45, 7) is 4.25. The highest BCUT2D eigenvalue weighted by Crippen LogP contribution is 2.44. The molecule has 4 heteroatoms. The number of hydrogen-bond acceptors (Lipinski definition) is 4. The zero-order chi connectivity index (χ0) is 23.1. The van der Waals surface area contributed by atoms with Crippen LogP contribution in [-0.4, -0.2) is 0 Å². The van der Waals surface area contributed by atoms with Crippen molar-refractivity contribution in [2.75, 3.05) is 0 Å². The fourth-order valence-electron chi connectivity index (χ4n) is 3.83. The molecular formula is C30H22S4. The second-order valence-corrected chi connectivity index (χ2v) is 12.9. The van der Waals surface area contributed by atoms with Gasteiger partial charge in [0.2, 0.25) is 0 Å². The second-order valence-electron chi connectivity index (χ2n) is 8.46. The Kier molecular flexibility index (Phi) is 5.84. The van der Waals surface area contributed by atoms with Gasteiger partial charge in [0.1, 0.15) is 0 Å². The molecular weight excluding hydrogens is 489 g/mol. The minimum Gasteiger partial charge on any atom is -0.135 e. The first-order valence-corrected chi connectivity index (χ1v) is 14.4. The molecule has 34 heavy (non-hydrogen) atoms. The van der Waals surface area contributed by atoms with E-state index in [0.717, 1.165) is 0 Å². The van der Waals surface area contributed by atoms with Crippen LogP contribution in [0.15, 0.2) is 72.8 Å². The summed E-state index contributed by atoms with van der Waals surface area (Å²) in [7, 11) is 0. The largest absolute Gasteiger partial charge is 0.135 e. The molecule has 0 aliphatic rings. The number of thiophene rings is 4. The first-order valence-electron chi connectivity index (χ1n) is 11.2. The minimum atomic E-state index is 1.25. The van der Waals surface area contributed by atoms with E-state index in [4.69, 9.17) is 0 Å². The number of fused-ring (bicyclic) bond motifs is 2. The summed E-state index contributed by atoms with van der Waals surface area (Å²) >= 11 is 7.56. The Morgan fingerprint density at radius 2 is 0.824 bits per heavy atom. The molecule has 2 aromatic carbocycles. The highest BCUT2D eigenvalue weighted by atomic mass is 32.1. The summed E-state index contributed by atoms with van der Waals surface area (Å²) in [5.74, 6) is 0. The Morgan fingerprint density at radius 1 is 0.441 bits per heavy atom. The average Bonchev–Trinajstić information content (AvgIpc) is 3.57. The standard InChI is InChI=1S/C30H22S4/c1-19-3-7-21(8-4-19)11-13-23-15-25-27(31-23)17-29(33-25)30-18-28-26(34-30)16-24(32-28)14-12-22-9-5-20(2)6-10-22/h3-18H,1-2H3. The average molecular weight is 511 g/mol. The van der Waals surface area contributed by atoms with Crippen LogP contribution in [0.4, 0.5) is 0 Å². The van der Waals surface area contributed by atoms with Gasteiger partial charge < -0.3 is 0 Å². The van der Waals surface area contributed by atoms with E-state index in [-0.39, 0.29) is 0 Å².